The van der Waals surface area contributed by atoms with E-state index in [9.17, 15) is 5.11 Å². The van der Waals surface area contributed by atoms with Gasteiger partial charge in [0.15, 0.2) is 0 Å². The topological polar surface area (TPSA) is 32.3 Å². The standard InChI is InChI=1S/C13H18BrNO/c1-9-6-12(14)13(16)8-11(9)7-10-2-4-15-5-3-10/h6,8,10,15-16H,2-5,7H2,1H3. The van der Waals surface area contributed by atoms with Crippen LogP contribution in [0.5, 0.6) is 5.75 Å². The van der Waals surface area contributed by atoms with E-state index in [1.165, 1.54) is 24.0 Å². The van der Waals surface area contributed by atoms with E-state index in [2.05, 4.69) is 28.2 Å². The SMILES string of the molecule is Cc1cc(Br)c(O)cc1CC1CCNCC1. The molecule has 0 atom stereocenters. The molecule has 0 spiro atoms. The van der Waals surface area contributed by atoms with Crippen LogP contribution in [0.4, 0.5) is 0 Å². The number of phenolic OH excluding ortho intramolecular Hbond substituents is 1. The lowest BCUT2D eigenvalue weighted by Gasteiger charge is -2.23. The maximum atomic E-state index is 9.69. The van der Waals surface area contributed by atoms with Gasteiger partial charge in [0.2, 0.25) is 0 Å². The molecule has 0 unspecified atom stereocenters. The van der Waals surface area contributed by atoms with Crippen LogP contribution in [0.3, 0.4) is 0 Å². The first-order valence-electron chi connectivity index (χ1n) is 5.85. The van der Waals surface area contributed by atoms with Crippen molar-refractivity contribution in [1.82, 2.24) is 5.32 Å². The predicted octanol–water partition coefficient (Wildman–Crippen LogP) is 3.01. The fraction of sp³-hybridized carbons (Fsp3) is 0.538. The number of nitrogens with one attached hydrogen (secondary N) is 1. The molecule has 1 aromatic rings. The van der Waals surface area contributed by atoms with Crippen LogP contribution in [-0.4, -0.2) is 18.2 Å². The zero-order valence-corrected chi connectivity index (χ0v) is 11.2. The summed E-state index contributed by atoms with van der Waals surface area (Å²) in [7, 11) is 0. The Labute approximate surface area is 105 Å². The molecule has 1 aromatic carbocycles. The summed E-state index contributed by atoms with van der Waals surface area (Å²) in [5, 5.41) is 13.1. The lowest BCUT2D eigenvalue weighted by Crippen LogP contribution is -2.28. The average Bonchev–Trinajstić information content (AvgIpc) is 2.27. The third-order valence-electron chi connectivity index (χ3n) is 3.37. The second-order valence-electron chi connectivity index (χ2n) is 4.63. The minimum Gasteiger partial charge on any atom is -0.507 e. The minimum atomic E-state index is 0.356. The van der Waals surface area contributed by atoms with Gasteiger partial charge in [0.1, 0.15) is 5.75 Å². The smallest absolute Gasteiger partial charge is 0.130 e. The maximum Gasteiger partial charge on any atom is 0.130 e. The van der Waals surface area contributed by atoms with E-state index < -0.39 is 0 Å². The molecule has 1 aliphatic heterocycles. The Kier molecular flexibility index (Phi) is 3.87. The van der Waals surface area contributed by atoms with Gasteiger partial charge in [0, 0.05) is 0 Å². The molecule has 0 aliphatic carbocycles. The lowest BCUT2D eigenvalue weighted by molar-refractivity contribution is 0.371. The van der Waals surface area contributed by atoms with Crippen molar-refractivity contribution in [1.29, 1.82) is 0 Å². The van der Waals surface area contributed by atoms with Gasteiger partial charge < -0.3 is 10.4 Å². The second-order valence-corrected chi connectivity index (χ2v) is 5.48. The van der Waals surface area contributed by atoms with E-state index in [1.54, 1.807) is 0 Å². The van der Waals surface area contributed by atoms with Crippen LogP contribution in [0.2, 0.25) is 0 Å². The van der Waals surface area contributed by atoms with Crippen LogP contribution in [0.25, 0.3) is 0 Å². The van der Waals surface area contributed by atoms with Crippen molar-refractivity contribution in [2.24, 2.45) is 5.92 Å². The Morgan fingerprint density at radius 3 is 2.75 bits per heavy atom. The molecule has 0 bridgehead atoms. The van der Waals surface area contributed by atoms with Gasteiger partial charge in [-0.15, -0.1) is 0 Å². The van der Waals surface area contributed by atoms with Crippen molar-refractivity contribution in [3.05, 3.63) is 27.7 Å². The van der Waals surface area contributed by atoms with Crippen LogP contribution in [-0.2, 0) is 6.42 Å². The fourth-order valence-corrected chi connectivity index (χ4v) is 2.78. The summed E-state index contributed by atoms with van der Waals surface area (Å²) < 4.78 is 0.791. The molecule has 0 amide bonds. The van der Waals surface area contributed by atoms with Gasteiger partial charge >= 0.3 is 0 Å². The number of rotatable bonds is 2. The number of phenols is 1. The van der Waals surface area contributed by atoms with Crippen molar-refractivity contribution in [2.45, 2.75) is 26.2 Å². The predicted molar refractivity (Wildman–Crippen MR) is 69.8 cm³/mol. The summed E-state index contributed by atoms with van der Waals surface area (Å²) in [5.41, 5.74) is 2.55. The minimum absolute atomic E-state index is 0.356. The third kappa shape index (κ3) is 2.77. The highest BCUT2D eigenvalue weighted by Crippen LogP contribution is 2.29. The molecule has 1 heterocycles. The first-order chi connectivity index (χ1) is 7.66. The van der Waals surface area contributed by atoms with Crippen molar-refractivity contribution in [2.75, 3.05) is 13.1 Å². The number of benzene rings is 1. The Morgan fingerprint density at radius 2 is 2.06 bits per heavy atom. The zero-order chi connectivity index (χ0) is 11.5. The fourth-order valence-electron chi connectivity index (χ4n) is 2.32. The monoisotopic (exact) mass is 283 g/mol. The van der Waals surface area contributed by atoms with Gasteiger partial charge in [-0.2, -0.15) is 0 Å². The zero-order valence-electron chi connectivity index (χ0n) is 9.59. The third-order valence-corrected chi connectivity index (χ3v) is 4.01. The van der Waals surface area contributed by atoms with Crippen molar-refractivity contribution >= 4 is 15.9 Å². The maximum absolute atomic E-state index is 9.69. The molecule has 0 radical (unpaired) electrons. The van der Waals surface area contributed by atoms with Crippen LogP contribution in [0.15, 0.2) is 16.6 Å². The number of hydrogen-bond acceptors (Lipinski definition) is 2. The van der Waals surface area contributed by atoms with E-state index in [0.717, 1.165) is 29.9 Å². The highest BCUT2D eigenvalue weighted by molar-refractivity contribution is 9.10. The van der Waals surface area contributed by atoms with Crippen LogP contribution < -0.4 is 5.32 Å². The number of hydrogen-bond donors (Lipinski definition) is 2. The molecule has 1 fully saturated rings. The number of aromatic hydroxyl groups is 1. The number of aryl methyl sites for hydroxylation is 1. The van der Waals surface area contributed by atoms with E-state index in [0.29, 0.717) is 5.75 Å². The molecule has 2 nitrogen and oxygen atoms in total. The molecule has 0 saturated carbocycles. The molecule has 2 rings (SSSR count). The van der Waals surface area contributed by atoms with E-state index in [4.69, 9.17) is 0 Å². The Hall–Kier alpha value is -0.540. The van der Waals surface area contributed by atoms with Crippen molar-refractivity contribution in [3.8, 4) is 5.75 Å². The summed E-state index contributed by atoms with van der Waals surface area (Å²) in [6.07, 6.45) is 3.58. The molecule has 1 aliphatic rings. The number of piperidine rings is 1. The summed E-state index contributed by atoms with van der Waals surface area (Å²) in [6.45, 7) is 4.37. The Balaban J connectivity index is 2.11. The van der Waals surface area contributed by atoms with Crippen LogP contribution in [0, 0.1) is 12.8 Å². The summed E-state index contributed by atoms with van der Waals surface area (Å²) >= 11 is 3.35. The van der Waals surface area contributed by atoms with Crippen LogP contribution >= 0.6 is 15.9 Å². The summed E-state index contributed by atoms with van der Waals surface area (Å²) in [6, 6.07) is 3.91. The normalized spacial score (nSPS) is 17.6. The molecule has 3 heteroatoms. The van der Waals surface area contributed by atoms with Gasteiger partial charge in [0.05, 0.1) is 4.47 Å². The van der Waals surface area contributed by atoms with Gasteiger partial charge in [0.25, 0.3) is 0 Å². The number of halogens is 1. The van der Waals surface area contributed by atoms with Gasteiger partial charge in [-0.25, -0.2) is 0 Å². The first kappa shape index (κ1) is 11.9. The average molecular weight is 284 g/mol. The molecule has 2 N–H and O–H groups in total. The molecule has 88 valence electrons. The molecule has 0 aromatic heterocycles. The first-order valence-corrected chi connectivity index (χ1v) is 6.65. The Morgan fingerprint density at radius 1 is 1.38 bits per heavy atom. The quantitative estimate of drug-likeness (QED) is 0.875. The van der Waals surface area contributed by atoms with Gasteiger partial charge in [-0.05, 0) is 84.4 Å². The highest BCUT2D eigenvalue weighted by atomic mass is 79.9. The molecule has 1 saturated heterocycles. The second kappa shape index (κ2) is 5.19. The summed E-state index contributed by atoms with van der Waals surface area (Å²) in [4.78, 5) is 0. The van der Waals surface area contributed by atoms with Crippen LogP contribution in [0.1, 0.15) is 24.0 Å². The van der Waals surface area contributed by atoms with E-state index in [1.807, 2.05) is 12.1 Å². The Bertz CT molecular complexity index is 372. The van der Waals surface area contributed by atoms with E-state index in [-0.39, 0.29) is 0 Å². The lowest BCUT2D eigenvalue weighted by atomic mass is 9.89. The molecular formula is C13H18BrNO. The van der Waals surface area contributed by atoms with Crippen molar-refractivity contribution < 1.29 is 5.11 Å². The molecular weight excluding hydrogens is 266 g/mol. The van der Waals surface area contributed by atoms with E-state index >= 15 is 0 Å². The van der Waals surface area contributed by atoms with Crippen molar-refractivity contribution in [3.63, 3.8) is 0 Å². The summed E-state index contributed by atoms with van der Waals surface area (Å²) in [5.74, 6) is 1.12. The van der Waals surface area contributed by atoms with Gasteiger partial charge in [-0.3, -0.25) is 0 Å². The molecule has 16 heavy (non-hydrogen) atoms. The van der Waals surface area contributed by atoms with Gasteiger partial charge in [-0.1, -0.05) is 0 Å². The largest absolute Gasteiger partial charge is 0.507 e. The highest BCUT2D eigenvalue weighted by Gasteiger charge is 2.15.